The fourth-order valence-electron chi connectivity index (χ4n) is 1.63. The van der Waals surface area contributed by atoms with Crippen molar-refractivity contribution in [3.8, 4) is 0 Å². The van der Waals surface area contributed by atoms with E-state index in [0.29, 0.717) is 0 Å². The average molecular weight is 262 g/mol. The first-order chi connectivity index (χ1) is 9.26. The van der Waals surface area contributed by atoms with E-state index in [1.807, 2.05) is 30.3 Å². The minimum atomic E-state index is -0.611. The lowest BCUT2D eigenvalue weighted by Crippen LogP contribution is -2.08. The highest BCUT2D eigenvalue weighted by atomic mass is 16.5. The number of hydrogen-bond acceptors (Lipinski definition) is 6. The van der Waals surface area contributed by atoms with Gasteiger partial charge in [-0.05, 0) is 17.6 Å². The van der Waals surface area contributed by atoms with E-state index in [4.69, 9.17) is 14.0 Å². The van der Waals surface area contributed by atoms with Crippen LogP contribution in [0.2, 0.25) is 0 Å². The lowest BCUT2D eigenvalue weighted by molar-refractivity contribution is 0.0508. The highest BCUT2D eigenvalue weighted by molar-refractivity contribution is 5.84. The van der Waals surface area contributed by atoms with Crippen LogP contribution < -0.4 is 0 Å². The molecule has 19 heavy (non-hydrogen) atoms. The smallest absolute Gasteiger partial charge is 0.379 e. The summed E-state index contributed by atoms with van der Waals surface area (Å²) in [7, 11) is 1.53. The molecule has 0 bridgehead atoms. The zero-order valence-electron chi connectivity index (χ0n) is 10.7. The molecule has 0 fully saturated rings. The molecule has 0 aliphatic rings. The highest BCUT2D eigenvalue weighted by Crippen LogP contribution is 2.23. The second-order valence-electron chi connectivity index (χ2n) is 3.70. The number of carbonyl (C=O) groups excluding carboxylic acids is 1. The number of esters is 1. The van der Waals surface area contributed by atoms with Gasteiger partial charge in [0.2, 0.25) is 0 Å². The summed E-state index contributed by atoms with van der Waals surface area (Å²) >= 11 is 0. The Labute approximate surface area is 110 Å². The Morgan fingerprint density at radius 3 is 2.74 bits per heavy atom. The SMILES string of the molecule is CCOC(=O)c1noc(C(OC)c2ccccc2)n1. The van der Waals surface area contributed by atoms with Gasteiger partial charge in [-0.15, -0.1) is 0 Å². The first-order valence-electron chi connectivity index (χ1n) is 5.84. The molecule has 2 rings (SSSR count). The standard InChI is InChI=1S/C13H14N2O4/c1-3-18-13(16)11-14-12(19-15-11)10(17-2)9-7-5-4-6-8-9/h4-8,10H,3H2,1-2H3. The molecule has 0 N–H and O–H groups in total. The van der Waals surface area contributed by atoms with Crippen LogP contribution in [0.25, 0.3) is 0 Å². The Hall–Kier alpha value is -2.21. The van der Waals surface area contributed by atoms with Gasteiger partial charge in [0.1, 0.15) is 0 Å². The van der Waals surface area contributed by atoms with E-state index in [9.17, 15) is 4.79 Å². The van der Waals surface area contributed by atoms with Gasteiger partial charge in [-0.2, -0.15) is 4.98 Å². The summed E-state index contributed by atoms with van der Waals surface area (Å²) in [5.74, 6) is -0.494. The zero-order chi connectivity index (χ0) is 13.7. The molecule has 2 aromatic rings. The number of benzene rings is 1. The van der Waals surface area contributed by atoms with Crippen molar-refractivity contribution < 1.29 is 18.8 Å². The summed E-state index contributed by atoms with van der Waals surface area (Å²) in [6.07, 6.45) is -0.503. The monoisotopic (exact) mass is 262 g/mol. The van der Waals surface area contributed by atoms with Crippen LogP contribution in [0.3, 0.4) is 0 Å². The van der Waals surface area contributed by atoms with Crippen LogP contribution in [0.4, 0.5) is 0 Å². The molecule has 0 amide bonds. The third kappa shape index (κ3) is 2.97. The lowest BCUT2D eigenvalue weighted by Gasteiger charge is -2.10. The summed E-state index contributed by atoms with van der Waals surface area (Å²) in [6.45, 7) is 1.97. The van der Waals surface area contributed by atoms with Gasteiger partial charge in [0.15, 0.2) is 6.10 Å². The van der Waals surface area contributed by atoms with Crippen LogP contribution in [-0.4, -0.2) is 29.8 Å². The Kier molecular flexibility index (Phi) is 4.25. The number of aromatic nitrogens is 2. The summed E-state index contributed by atoms with van der Waals surface area (Å²) < 4.78 is 15.2. The zero-order valence-corrected chi connectivity index (χ0v) is 10.7. The van der Waals surface area contributed by atoms with E-state index >= 15 is 0 Å². The molecule has 1 aromatic carbocycles. The fourth-order valence-corrected chi connectivity index (χ4v) is 1.63. The van der Waals surface area contributed by atoms with Crippen molar-refractivity contribution in [2.45, 2.75) is 13.0 Å². The number of hydrogen-bond donors (Lipinski definition) is 0. The Bertz CT molecular complexity index is 539. The fraction of sp³-hybridized carbons (Fsp3) is 0.308. The van der Waals surface area contributed by atoms with Gasteiger partial charge >= 0.3 is 5.97 Å². The summed E-state index contributed by atoms with van der Waals surface area (Å²) in [5, 5.41) is 3.59. The second kappa shape index (κ2) is 6.10. The molecule has 0 spiro atoms. The summed E-state index contributed by atoms with van der Waals surface area (Å²) in [5.41, 5.74) is 0.865. The van der Waals surface area contributed by atoms with Gasteiger partial charge in [0.05, 0.1) is 6.61 Å². The van der Waals surface area contributed by atoms with Gasteiger partial charge in [-0.25, -0.2) is 4.79 Å². The van der Waals surface area contributed by atoms with Crippen molar-refractivity contribution in [2.75, 3.05) is 13.7 Å². The second-order valence-corrected chi connectivity index (χ2v) is 3.70. The molecule has 0 aliphatic heterocycles. The van der Waals surface area contributed by atoms with Crippen molar-refractivity contribution in [2.24, 2.45) is 0 Å². The average Bonchev–Trinajstić information content (AvgIpc) is 2.91. The molecule has 0 saturated carbocycles. The molecule has 1 aromatic heterocycles. The number of nitrogens with zero attached hydrogens (tertiary/aromatic N) is 2. The predicted octanol–water partition coefficient (Wildman–Crippen LogP) is 1.98. The van der Waals surface area contributed by atoms with E-state index in [1.54, 1.807) is 6.92 Å². The van der Waals surface area contributed by atoms with E-state index in [1.165, 1.54) is 7.11 Å². The number of rotatable bonds is 5. The molecule has 0 saturated heterocycles. The number of carbonyl (C=O) groups is 1. The first kappa shape index (κ1) is 13.2. The van der Waals surface area contributed by atoms with E-state index in [0.717, 1.165) is 5.56 Å². The molecule has 0 radical (unpaired) electrons. The van der Waals surface area contributed by atoms with E-state index < -0.39 is 12.1 Å². The number of methoxy groups -OCH3 is 1. The van der Waals surface area contributed by atoms with Gasteiger partial charge in [0, 0.05) is 7.11 Å². The maximum Gasteiger partial charge on any atom is 0.379 e. The largest absolute Gasteiger partial charge is 0.460 e. The molecule has 1 heterocycles. The number of ether oxygens (including phenoxy) is 2. The maximum absolute atomic E-state index is 11.5. The van der Waals surface area contributed by atoms with Crippen LogP contribution in [0.5, 0.6) is 0 Å². The van der Waals surface area contributed by atoms with E-state index in [2.05, 4.69) is 10.1 Å². The van der Waals surface area contributed by atoms with Gasteiger partial charge < -0.3 is 14.0 Å². The third-order valence-electron chi connectivity index (χ3n) is 2.46. The summed E-state index contributed by atoms with van der Waals surface area (Å²) in [4.78, 5) is 15.5. The molecular weight excluding hydrogens is 248 g/mol. The van der Waals surface area contributed by atoms with Crippen LogP contribution in [0.1, 0.15) is 35.1 Å². The van der Waals surface area contributed by atoms with Crippen LogP contribution >= 0.6 is 0 Å². The van der Waals surface area contributed by atoms with Gasteiger partial charge in [-0.3, -0.25) is 0 Å². The maximum atomic E-state index is 11.5. The molecule has 1 unspecified atom stereocenters. The molecule has 1 atom stereocenters. The van der Waals surface area contributed by atoms with E-state index in [-0.39, 0.29) is 18.3 Å². The minimum absolute atomic E-state index is 0.102. The van der Waals surface area contributed by atoms with Crippen molar-refractivity contribution in [1.82, 2.24) is 10.1 Å². The van der Waals surface area contributed by atoms with Crippen LogP contribution in [-0.2, 0) is 9.47 Å². The minimum Gasteiger partial charge on any atom is -0.460 e. The predicted molar refractivity (Wildman–Crippen MR) is 65.5 cm³/mol. The van der Waals surface area contributed by atoms with Crippen molar-refractivity contribution >= 4 is 5.97 Å². The normalized spacial score (nSPS) is 12.1. The Morgan fingerprint density at radius 1 is 1.37 bits per heavy atom. The van der Waals surface area contributed by atoms with Crippen LogP contribution in [0.15, 0.2) is 34.9 Å². The molecule has 6 heteroatoms. The first-order valence-corrected chi connectivity index (χ1v) is 5.84. The molecular formula is C13H14N2O4. The quantitative estimate of drug-likeness (QED) is 0.767. The third-order valence-corrected chi connectivity index (χ3v) is 2.46. The molecule has 6 nitrogen and oxygen atoms in total. The van der Waals surface area contributed by atoms with Crippen molar-refractivity contribution in [3.05, 3.63) is 47.6 Å². The topological polar surface area (TPSA) is 74.5 Å². The van der Waals surface area contributed by atoms with Crippen molar-refractivity contribution in [1.29, 1.82) is 0 Å². The Morgan fingerprint density at radius 2 is 2.11 bits per heavy atom. The van der Waals surface area contributed by atoms with Crippen molar-refractivity contribution in [3.63, 3.8) is 0 Å². The summed E-state index contributed by atoms with van der Waals surface area (Å²) in [6, 6.07) is 9.41. The highest BCUT2D eigenvalue weighted by Gasteiger charge is 2.23. The molecule has 0 aliphatic carbocycles. The Balaban J connectivity index is 2.23. The van der Waals surface area contributed by atoms with Crippen LogP contribution in [0, 0.1) is 0 Å². The van der Waals surface area contributed by atoms with Gasteiger partial charge in [-0.1, -0.05) is 30.3 Å². The van der Waals surface area contributed by atoms with Gasteiger partial charge in [0.25, 0.3) is 11.7 Å². The molecule has 100 valence electrons. The lowest BCUT2D eigenvalue weighted by atomic mass is 10.1.